The van der Waals surface area contributed by atoms with Gasteiger partial charge in [0.1, 0.15) is 11.6 Å². The number of halogens is 1. The summed E-state index contributed by atoms with van der Waals surface area (Å²) in [6.07, 6.45) is 0. The van der Waals surface area contributed by atoms with Gasteiger partial charge in [0.2, 0.25) is 10.8 Å². The van der Waals surface area contributed by atoms with Crippen molar-refractivity contribution in [2.75, 3.05) is 39.3 Å². The Labute approximate surface area is 160 Å². The van der Waals surface area contributed by atoms with Gasteiger partial charge in [0.25, 0.3) is 0 Å². The first-order valence-electron chi connectivity index (χ1n) is 8.95. The van der Waals surface area contributed by atoms with Gasteiger partial charge in [0, 0.05) is 38.3 Å². The van der Waals surface area contributed by atoms with E-state index in [4.69, 9.17) is 5.11 Å². The molecule has 0 spiro atoms. The summed E-state index contributed by atoms with van der Waals surface area (Å²) in [4.78, 5) is 9.93. The molecule has 3 aromatic rings. The number of hydrogen-bond acceptors (Lipinski definition) is 7. The molecule has 0 aliphatic carbocycles. The molecular formula is C18H22FN5O2S. The summed E-state index contributed by atoms with van der Waals surface area (Å²) in [5.41, 5.74) is 0.532. The Kier molecular flexibility index (Phi) is 5.09. The Morgan fingerprint density at radius 2 is 1.96 bits per heavy atom. The Hall–Kier alpha value is -2.07. The molecule has 1 aliphatic rings. The fourth-order valence-corrected chi connectivity index (χ4v) is 4.77. The summed E-state index contributed by atoms with van der Waals surface area (Å²) in [5.74, 6) is 0.305. The zero-order chi connectivity index (χ0) is 19.0. The van der Waals surface area contributed by atoms with Gasteiger partial charge in [-0.2, -0.15) is 4.52 Å². The maximum absolute atomic E-state index is 14.7. The number of aromatic hydroxyl groups is 1. The minimum absolute atomic E-state index is 0.0154. The molecule has 27 heavy (non-hydrogen) atoms. The van der Waals surface area contributed by atoms with Gasteiger partial charge >= 0.3 is 0 Å². The average molecular weight is 391 g/mol. The Morgan fingerprint density at radius 3 is 2.63 bits per heavy atom. The van der Waals surface area contributed by atoms with E-state index >= 15 is 0 Å². The largest absolute Gasteiger partial charge is 0.492 e. The van der Waals surface area contributed by atoms with Gasteiger partial charge in [-0.15, -0.1) is 5.10 Å². The number of rotatable bonds is 5. The molecule has 9 heteroatoms. The van der Waals surface area contributed by atoms with Gasteiger partial charge < -0.3 is 10.2 Å². The predicted octanol–water partition coefficient (Wildman–Crippen LogP) is 1.64. The molecule has 1 aromatic carbocycles. The van der Waals surface area contributed by atoms with Crippen LogP contribution in [0.2, 0.25) is 0 Å². The number of hydrogen-bond donors (Lipinski definition) is 2. The van der Waals surface area contributed by atoms with E-state index in [9.17, 15) is 9.50 Å². The third-order valence-electron chi connectivity index (χ3n) is 4.94. The van der Waals surface area contributed by atoms with Crippen LogP contribution in [0.1, 0.15) is 22.3 Å². The molecule has 1 saturated heterocycles. The molecule has 0 radical (unpaired) electrons. The molecule has 0 saturated carbocycles. The van der Waals surface area contributed by atoms with Crippen molar-refractivity contribution in [1.82, 2.24) is 24.4 Å². The number of benzene rings is 1. The smallest absolute Gasteiger partial charge is 0.230 e. The molecule has 1 fully saturated rings. The topological polar surface area (TPSA) is 77.1 Å². The van der Waals surface area contributed by atoms with Crippen molar-refractivity contribution >= 4 is 16.3 Å². The highest BCUT2D eigenvalue weighted by Gasteiger charge is 2.33. The highest BCUT2D eigenvalue weighted by atomic mass is 32.1. The lowest BCUT2D eigenvalue weighted by molar-refractivity contribution is 0.0936. The van der Waals surface area contributed by atoms with E-state index in [2.05, 4.69) is 19.9 Å². The van der Waals surface area contributed by atoms with Crippen molar-refractivity contribution in [3.8, 4) is 5.88 Å². The number of thiazole rings is 1. The molecule has 7 nitrogen and oxygen atoms in total. The summed E-state index contributed by atoms with van der Waals surface area (Å²) in [6.45, 7) is 5.53. The first-order chi connectivity index (χ1) is 13.1. The van der Waals surface area contributed by atoms with Crippen molar-refractivity contribution < 1.29 is 14.6 Å². The van der Waals surface area contributed by atoms with Crippen LogP contribution in [0.15, 0.2) is 24.3 Å². The molecular weight excluding hydrogens is 369 g/mol. The highest BCUT2D eigenvalue weighted by molar-refractivity contribution is 7.17. The second kappa shape index (κ2) is 7.51. The third-order valence-corrected chi connectivity index (χ3v) is 6.01. The van der Waals surface area contributed by atoms with Crippen LogP contribution in [0, 0.1) is 12.7 Å². The lowest BCUT2D eigenvalue weighted by atomic mass is 10.0. The molecule has 1 aliphatic heterocycles. The first kappa shape index (κ1) is 18.3. The molecule has 2 aromatic heterocycles. The summed E-state index contributed by atoms with van der Waals surface area (Å²) in [6, 6.07) is 6.28. The summed E-state index contributed by atoms with van der Waals surface area (Å²) in [7, 11) is 0. The van der Waals surface area contributed by atoms with Gasteiger partial charge in [-0.25, -0.2) is 9.37 Å². The molecule has 144 valence electrons. The van der Waals surface area contributed by atoms with Gasteiger partial charge in [0.15, 0.2) is 0 Å². The fourth-order valence-electron chi connectivity index (χ4n) is 3.61. The average Bonchev–Trinajstić information content (AvgIpc) is 3.16. The van der Waals surface area contributed by atoms with Crippen LogP contribution in [-0.4, -0.2) is 73.9 Å². The lowest BCUT2D eigenvalue weighted by Gasteiger charge is -2.39. The zero-order valence-electron chi connectivity index (χ0n) is 15.0. The summed E-state index contributed by atoms with van der Waals surface area (Å²) >= 11 is 1.34. The number of fused-ring (bicyclic) bond motifs is 1. The third kappa shape index (κ3) is 3.43. The number of aliphatic hydroxyl groups excluding tert-OH is 1. The van der Waals surface area contributed by atoms with E-state index in [1.807, 2.05) is 6.07 Å². The lowest BCUT2D eigenvalue weighted by Crippen LogP contribution is -2.48. The monoisotopic (exact) mass is 391 g/mol. The Morgan fingerprint density at radius 1 is 1.22 bits per heavy atom. The quantitative estimate of drug-likeness (QED) is 0.689. The van der Waals surface area contributed by atoms with Crippen LogP contribution in [0.25, 0.3) is 4.96 Å². The van der Waals surface area contributed by atoms with Crippen molar-refractivity contribution in [2.45, 2.75) is 13.0 Å². The molecule has 0 unspecified atom stereocenters. The molecule has 3 heterocycles. The Balaban J connectivity index is 1.73. The van der Waals surface area contributed by atoms with Gasteiger partial charge in [-0.3, -0.25) is 9.80 Å². The van der Waals surface area contributed by atoms with E-state index < -0.39 is 6.04 Å². The number of aromatic nitrogens is 3. The normalized spacial score (nSPS) is 17.6. The maximum atomic E-state index is 14.7. The van der Waals surface area contributed by atoms with E-state index in [1.165, 1.54) is 21.9 Å². The molecule has 1 atom stereocenters. The number of nitrogens with zero attached hydrogens (tertiary/aromatic N) is 5. The summed E-state index contributed by atoms with van der Waals surface area (Å²) in [5, 5.41) is 24.2. The molecule has 4 rings (SSSR count). The number of aliphatic hydroxyl groups is 1. The fraction of sp³-hybridized carbons (Fsp3) is 0.444. The standard InChI is InChI=1S/C18H22FN5O2S/c1-12-20-18-24(21-12)17(26)16(27-18)15(13-4-2-3-5-14(13)19)23-8-6-22(7-9-23)10-11-25/h2-5,15,25-26H,6-11H2,1H3/t15-/m1/s1. The molecule has 0 bridgehead atoms. The van der Waals surface area contributed by atoms with Crippen LogP contribution in [-0.2, 0) is 0 Å². The Bertz CT molecular complexity index is 935. The van der Waals surface area contributed by atoms with Gasteiger partial charge in [0.05, 0.1) is 17.5 Å². The van der Waals surface area contributed by atoms with E-state index in [1.54, 1.807) is 19.1 Å². The maximum Gasteiger partial charge on any atom is 0.230 e. The summed E-state index contributed by atoms with van der Waals surface area (Å²) < 4.78 is 16.1. The van der Waals surface area contributed by atoms with Crippen molar-refractivity contribution in [3.63, 3.8) is 0 Å². The number of piperazine rings is 1. The molecule has 0 amide bonds. The van der Waals surface area contributed by atoms with Gasteiger partial charge in [-0.1, -0.05) is 29.5 Å². The van der Waals surface area contributed by atoms with Crippen molar-refractivity contribution in [3.05, 3.63) is 46.3 Å². The number of β-amino-alcohol motifs (C(OH)–C–C–N with tert-alkyl or cyclic N) is 1. The van der Waals surface area contributed by atoms with Crippen LogP contribution >= 0.6 is 11.3 Å². The second-order valence-electron chi connectivity index (χ2n) is 6.67. The van der Waals surface area contributed by atoms with Crippen LogP contribution < -0.4 is 0 Å². The van der Waals surface area contributed by atoms with Crippen LogP contribution in [0.3, 0.4) is 0 Å². The SMILES string of the molecule is Cc1nc2sc([C@@H](c3ccccc3F)N3CCN(CCO)CC3)c(O)n2n1. The van der Waals surface area contributed by atoms with Crippen molar-refractivity contribution in [1.29, 1.82) is 0 Å². The zero-order valence-corrected chi connectivity index (χ0v) is 15.9. The van der Waals surface area contributed by atoms with E-state index in [0.717, 1.165) is 13.1 Å². The first-order valence-corrected chi connectivity index (χ1v) is 9.77. The minimum Gasteiger partial charge on any atom is -0.492 e. The van der Waals surface area contributed by atoms with E-state index in [0.29, 0.717) is 40.9 Å². The highest BCUT2D eigenvalue weighted by Crippen LogP contribution is 2.40. The van der Waals surface area contributed by atoms with Crippen LogP contribution in [0.4, 0.5) is 4.39 Å². The van der Waals surface area contributed by atoms with Crippen LogP contribution in [0.5, 0.6) is 5.88 Å². The van der Waals surface area contributed by atoms with E-state index in [-0.39, 0.29) is 18.3 Å². The predicted molar refractivity (Wildman–Crippen MR) is 101 cm³/mol. The van der Waals surface area contributed by atoms with Gasteiger partial charge in [-0.05, 0) is 13.0 Å². The number of aryl methyl sites for hydroxylation is 1. The second-order valence-corrected chi connectivity index (χ2v) is 7.68. The van der Waals surface area contributed by atoms with Crippen molar-refractivity contribution in [2.24, 2.45) is 0 Å². The minimum atomic E-state index is -0.406. The molecule has 2 N–H and O–H groups in total.